The Morgan fingerprint density at radius 3 is 2.54 bits per heavy atom. The van der Waals surface area contributed by atoms with Crippen LogP contribution in [0.3, 0.4) is 0 Å². The van der Waals surface area contributed by atoms with Gasteiger partial charge in [-0.2, -0.15) is 0 Å². The van der Waals surface area contributed by atoms with Gasteiger partial charge in [-0.15, -0.1) is 12.4 Å². The van der Waals surface area contributed by atoms with Gasteiger partial charge >= 0.3 is 0 Å². The van der Waals surface area contributed by atoms with Crippen molar-refractivity contribution in [3.8, 4) is 0 Å². The molecule has 0 aliphatic heterocycles. The Morgan fingerprint density at radius 1 is 1.38 bits per heavy atom. The molecule has 2 N–H and O–H groups in total. The third kappa shape index (κ3) is 3.58. The van der Waals surface area contributed by atoms with Crippen LogP contribution < -0.4 is 5.73 Å². The summed E-state index contributed by atoms with van der Waals surface area (Å²) in [6, 6.07) is 6.18. The summed E-state index contributed by atoms with van der Waals surface area (Å²) in [5.74, 6) is 0. The van der Waals surface area contributed by atoms with Crippen LogP contribution in [-0.2, 0) is 0 Å². The molecule has 0 unspecified atom stereocenters. The predicted octanol–water partition coefficient (Wildman–Crippen LogP) is 4.04. The molecule has 0 fully saturated rings. The zero-order chi connectivity index (χ0) is 9.14. The van der Waals surface area contributed by atoms with Crippen molar-refractivity contribution in [3.05, 3.63) is 32.7 Å². The molecule has 0 heterocycles. The molecule has 0 saturated heterocycles. The average molecular weight is 329 g/mol. The summed E-state index contributed by atoms with van der Waals surface area (Å²) in [7, 11) is 0. The van der Waals surface area contributed by atoms with Crippen molar-refractivity contribution in [2.75, 3.05) is 0 Å². The zero-order valence-electron chi connectivity index (χ0n) is 7.26. The molecule has 4 heteroatoms. The van der Waals surface area contributed by atoms with Gasteiger partial charge in [0.15, 0.2) is 0 Å². The molecule has 13 heavy (non-hydrogen) atoms. The number of halogens is 3. The first-order valence-corrected chi connectivity index (χ1v) is 5.44. The topological polar surface area (TPSA) is 26.0 Å². The van der Waals surface area contributed by atoms with Gasteiger partial charge in [-0.05, 0) is 30.2 Å². The number of hydrogen-bond acceptors (Lipinski definition) is 1. The van der Waals surface area contributed by atoms with Crippen LogP contribution in [0.1, 0.15) is 24.9 Å². The molecule has 1 aromatic carbocycles. The van der Waals surface area contributed by atoms with Crippen molar-refractivity contribution in [1.29, 1.82) is 0 Å². The smallest absolute Gasteiger partial charge is 0.0303 e. The van der Waals surface area contributed by atoms with E-state index in [1.165, 1.54) is 0 Å². The highest BCUT2D eigenvalue weighted by atomic mass is 79.9. The SMILES string of the molecule is CC[C@@H](N)c1cc(Br)ccc1Br.Cl. The van der Waals surface area contributed by atoms with Crippen molar-refractivity contribution in [3.63, 3.8) is 0 Å². The van der Waals surface area contributed by atoms with Crippen LogP contribution in [0.15, 0.2) is 27.1 Å². The van der Waals surface area contributed by atoms with Crippen LogP contribution in [0.4, 0.5) is 0 Å². The highest BCUT2D eigenvalue weighted by Crippen LogP contribution is 2.26. The lowest BCUT2D eigenvalue weighted by atomic mass is 10.1. The lowest BCUT2D eigenvalue weighted by Gasteiger charge is -2.11. The van der Waals surface area contributed by atoms with E-state index >= 15 is 0 Å². The molecule has 74 valence electrons. The first-order valence-electron chi connectivity index (χ1n) is 3.85. The minimum atomic E-state index is 0. The Morgan fingerprint density at radius 2 is 2.00 bits per heavy atom. The maximum Gasteiger partial charge on any atom is 0.0303 e. The van der Waals surface area contributed by atoms with Gasteiger partial charge in [0.25, 0.3) is 0 Å². The van der Waals surface area contributed by atoms with Crippen molar-refractivity contribution in [2.45, 2.75) is 19.4 Å². The molecule has 1 aromatic rings. The van der Waals surface area contributed by atoms with Gasteiger partial charge in [-0.3, -0.25) is 0 Å². The molecule has 1 nitrogen and oxygen atoms in total. The van der Waals surface area contributed by atoms with Gasteiger partial charge in [0.2, 0.25) is 0 Å². The predicted molar refractivity (Wildman–Crippen MR) is 66.3 cm³/mol. The third-order valence-electron chi connectivity index (χ3n) is 1.80. The van der Waals surface area contributed by atoms with Crippen LogP contribution in [0.25, 0.3) is 0 Å². The van der Waals surface area contributed by atoms with Crippen LogP contribution in [-0.4, -0.2) is 0 Å². The minimum Gasteiger partial charge on any atom is -0.324 e. The summed E-state index contributed by atoms with van der Waals surface area (Å²) < 4.78 is 2.16. The first-order chi connectivity index (χ1) is 5.65. The molecule has 1 atom stereocenters. The van der Waals surface area contributed by atoms with E-state index in [2.05, 4.69) is 44.8 Å². The molecule has 0 radical (unpaired) electrons. The molecular formula is C9H12Br2ClN. The fraction of sp³-hybridized carbons (Fsp3) is 0.333. The summed E-state index contributed by atoms with van der Waals surface area (Å²) in [4.78, 5) is 0. The van der Waals surface area contributed by atoms with Crippen molar-refractivity contribution >= 4 is 44.3 Å². The van der Waals surface area contributed by atoms with Gasteiger partial charge in [0.05, 0.1) is 0 Å². The second-order valence-corrected chi connectivity index (χ2v) is 4.45. The molecular weight excluding hydrogens is 317 g/mol. The summed E-state index contributed by atoms with van der Waals surface area (Å²) in [6.07, 6.45) is 0.953. The Kier molecular flexibility index (Phi) is 6.21. The summed E-state index contributed by atoms with van der Waals surface area (Å²) in [5.41, 5.74) is 7.07. The maximum absolute atomic E-state index is 5.91. The fourth-order valence-corrected chi connectivity index (χ4v) is 1.94. The number of benzene rings is 1. The second kappa shape index (κ2) is 6.02. The third-order valence-corrected chi connectivity index (χ3v) is 3.01. The van der Waals surface area contributed by atoms with Gasteiger partial charge < -0.3 is 5.73 Å². The first kappa shape index (κ1) is 13.4. The van der Waals surface area contributed by atoms with Crippen molar-refractivity contribution in [2.24, 2.45) is 5.73 Å². The van der Waals surface area contributed by atoms with Gasteiger partial charge in [0.1, 0.15) is 0 Å². The van der Waals surface area contributed by atoms with Crippen LogP contribution >= 0.6 is 44.3 Å². The lowest BCUT2D eigenvalue weighted by molar-refractivity contribution is 0.695. The quantitative estimate of drug-likeness (QED) is 0.870. The minimum absolute atomic E-state index is 0. The largest absolute Gasteiger partial charge is 0.324 e. The molecule has 0 aromatic heterocycles. The van der Waals surface area contributed by atoms with E-state index in [1.807, 2.05) is 12.1 Å². The normalized spacial score (nSPS) is 12.0. The highest BCUT2D eigenvalue weighted by Gasteiger charge is 2.07. The number of hydrogen-bond donors (Lipinski definition) is 1. The number of rotatable bonds is 2. The molecule has 0 spiro atoms. The average Bonchev–Trinajstić information content (AvgIpc) is 2.08. The van der Waals surface area contributed by atoms with Crippen LogP contribution in [0.5, 0.6) is 0 Å². The van der Waals surface area contributed by atoms with Gasteiger partial charge in [-0.25, -0.2) is 0 Å². The molecule has 0 aliphatic rings. The monoisotopic (exact) mass is 327 g/mol. The Hall–Kier alpha value is 0.430. The van der Waals surface area contributed by atoms with E-state index < -0.39 is 0 Å². The molecule has 0 amide bonds. The van der Waals surface area contributed by atoms with Crippen LogP contribution in [0, 0.1) is 0 Å². The van der Waals surface area contributed by atoms with Gasteiger partial charge in [0, 0.05) is 15.0 Å². The summed E-state index contributed by atoms with van der Waals surface area (Å²) >= 11 is 6.89. The van der Waals surface area contributed by atoms with Crippen molar-refractivity contribution < 1.29 is 0 Å². The summed E-state index contributed by atoms with van der Waals surface area (Å²) in [5, 5.41) is 0. The molecule has 0 saturated carbocycles. The van der Waals surface area contributed by atoms with Gasteiger partial charge in [-0.1, -0.05) is 38.8 Å². The molecule has 0 bridgehead atoms. The molecule has 0 aliphatic carbocycles. The Bertz CT molecular complexity index is 278. The lowest BCUT2D eigenvalue weighted by Crippen LogP contribution is -2.09. The Labute approximate surface area is 102 Å². The standard InChI is InChI=1S/C9H11Br2N.ClH/c1-2-9(12)7-5-6(10)3-4-8(7)11;/h3-5,9H,2,12H2,1H3;1H/t9-;/m1./s1. The van der Waals surface area contributed by atoms with Crippen LogP contribution in [0.2, 0.25) is 0 Å². The number of nitrogens with two attached hydrogens (primary N) is 1. The Balaban J connectivity index is 0.00000144. The zero-order valence-corrected chi connectivity index (χ0v) is 11.2. The second-order valence-electron chi connectivity index (χ2n) is 2.68. The van der Waals surface area contributed by atoms with E-state index in [0.29, 0.717) is 0 Å². The fourth-order valence-electron chi connectivity index (χ4n) is 1.02. The maximum atomic E-state index is 5.91. The highest BCUT2D eigenvalue weighted by molar-refractivity contribution is 9.11. The van der Waals surface area contributed by atoms with E-state index in [9.17, 15) is 0 Å². The van der Waals surface area contributed by atoms with Crippen molar-refractivity contribution in [1.82, 2.24) is 0 Å². The van der Waals surface area contributed by atoms with E-state index in [4.69, 9.17) is 5.73 Å². The summed E-state index contributed by atoms with van der Waals surface area (Å²) in [6.45, 7) is 2.08. The van der Waals surface area contributed by atoms with E-state index in [-0.39, 0.29) is 18.4 Å². The van der Waals surface area contributed by atoms with E-state index in [0.717, 1.165) is 20.9 Å². The van der Waals surface area contributed by atoms with E-state index in [1.54, 1.807) is 0 Å². The molecule has 1 rings (SSSR count).